The van der Waals surface area contributed by atoms with Crippen LogP contribution in [-0.4, -0.2) is 25.0 Å². The molecule has 2 N–H and O–H groups in total. The van der Waals surface area contributed by atoms with E-state index in [2.05, 4.69) is 26.6 Å². The number of nitrogens with one attached hydrogen (secondary N) is 2. The molecule has 0 aliphatic carbocycles. The Hall–Kier alpha value is -2.34. The van der Waals surface area contributed by atoms with Crippen molar-refractivity contribution in [2.75, 3.05) is 13.2 Å². The molecule has 1 unspecified atom stereocenters. The first-order chi connectivity index (χ1) is 12.5. The highest BCUT2D eigenvalue weighted by Gasteiger charge is 2.11. The minimum atomic E-state index is -0.190. The Bertz CT molecular complexity index is 730. The second-order valence-electron chi connectivity index (χ2n) is 5.80. The van der Waals surface area contributed by atoms with Crippen molar-refractivity contribution >= 4 is 27.7 Å². The number of rotatable bonds is 8. The molecule has 138 valence electrons. The van der Waals surface area contributed by atoms with Gasteiger partial charge in [-0.2, -0.15) is 0 Å². The summed E-state index contributed by atoms with van der Waals surface area (Å²) in [7, 11) is 0. The molecule has 1 atom stereocenters. The minimum absolute atomic E-state index is 0.109. The molecule has 0 saturated carbocycles. The zero-order chi connectivity index (χ0) is 18.9. The summed E-state index contributed by atoms with van der Waals surface area (Å²) in [6, 6.07) is 14.6. The lowest BCUT2D eigenvalue weighted by Gasteiger charge is -2.15. The maximum Gasteiger partial charge on any atom is 0.251 e. The third kappa shape index (κ3) is 6.19. The summed E-state index contributed by atoms with van der Waals surface area (Å²) in [6.45, 7) is 4.77. The first-order valence-corrected chi connectivity index (χ1v) is 9.34. The Labute approximate surface area is 162 Å². The number of carbonyl (C=O) groups is 2. The van der Waals surface area contributed by atoms with Crippen molar-refractivity contribution in [2.24, 2.45) is 0 Å². The molecule has 0 saturated heterocycles. The molecule has 0 bridgehead atoms. The van der Waals surface area contributed by atoms with Gasteiger partial charge in [-0.25, -0.2) is 0 Å². The SMILES string of the molecule is CCOc1ccc(C(C)NC(=O)CCNC(=O)c2ccc(Br)cc2)cc1. The molecule has 2 rings (SSSR count). The van der Waals surface area contributed by atoms with E-state index in [4.69, 9.17) is 4.74 Å². The molecule has 26 heavy (non-hydrogen) atoms. The molecule has 0 fully saturated rings. The predicted molar refractivity (Wildman–Crippen MR) is 105 cm³/mol. The number of carbonyl (C=O) groups excluding carboxylic acids is 2. The summed E-state index contributed by atoms with van der Waals surface area (Å²) >= 11 is 3.33. The molecule has 2 aromatic rings. The van der Waals surface area contributed by atoms with Crippen molar-refractivity contribution in [3.63, 3.8) is 0 Å². The fraction of sp³-hybridized carbons (Fsp3) is 0.300. The largest absolute Gasteiger partial charge is 0.494 e. The van der Waals surface area contributed by atoms with Crippen molar-refractivity contribution in [1.29, 1.82) is 0 Å². The number of hydrogen-bond acceptors (Lipinski definition) is 3. The van der Waals surface area contributed by atoms with Gasteiger partial charge in [0.05, 0.1) is 12.6 Å². The van der Waals surface area contributed by atoms with Gasteiger partial charge in [0.15, 0.2) is 0 Å². The Morgan fingerprint density at radius 3 is 2.35 bits per heavy atom. The lowest BCUT2D eigenvalue weighted by atomic mass is 10.1. The van der Waals surface area contributed by atoms with Crippen LogP contribution in [0.1, 0.15) is 42.2 Å². The van der Waals surface area contributed by atoms with Gasteiger partial charge in [0.25, 0.3) is 5.91 Å². The maximum absolute atomic E-state index is 12.1. The molecule has 0 aliphatic heterocycles. The lowest BCUT2D eigenvalue weighted by molar-refractivity contribution is -0.121. The molecule has 0 aromatic heterocycles. The Kier molecular flexibility index (Phi) is 7.66. The van der Waals surface area contributed by atoms with Crippen LogP contribution in [0.3, 0.4) is 0 Å². The van der Waals surface area contributed by atoms with Gasteiger partial charge in [-0.05, 0) is 55.8 Å². The quantitative estimate of drug-likeness (QED) is 0.683. The van der Waals surface area contributed by atoms with Gasteiger partial charge < -0.3 is 15.4 Å². The standard InChI is InChI=1S/C20H23BrN2O3/c1-3-26-18-10-6-15(7-11-18)14(2)23-19(24)12-13-22-20(25)16-4-8-17(21)9-5-16/h4-11,14H,3,12-13H2,1-2H3,(H,22,25)(H,23,24). The number of benzene rings is 2. The van der Waals surface area contributed by atoms with Crippen molar-refractivity contribution in [1.82, 2.24) is 10.6 Å². The molecule has 2 aromatic carbocycles. The number of ether oxygens (including phenoxy) is 1. The third-order valence-electron chi connectivity index (χ3n) is 3.81. The monoisotopic (exact) mass is 418 g/mol. The smallest absolute Gasteiger partial charge is 0.251 e. The summed E-state index contributed by atoms with van der Waals surface area (Å²) in [4.78, 5) is 24.1. The van der Waals surface area contributed by atoms with Gasteiger partial charge in [0, 0.05) is 23.0 Å². The van der Waals surface area contributed by atoms with Crippen molar-refractivity contribution in [3.8, 4) is 5.75 Å². The molecule has 6 heteroatoms. The fourth-order valence-electron chi connectivity index (χ4n) is 2.41. The van der Waals surface area contributed by atoms with Gasteiger partial charge >= 0.3 is 0 Å². The van der Waals surface area contributed by atoms with Gasteiger partial charge in [0.2, 0.25) is 5.91 Å². The van der Waals surface area contributed by atoms with Crippen LogP contribution in [0.4, 0.5) is 0 Å². The molecule has 0 radical (unpaired) electrons. The van der Waals surface area contributed by atoms with Crippen molar-refractivity contribution in [2.45, 2.75) is 26.3 Å². The summed E-state index contributed by atoms with van der Waals surface area (Å²) in [5.74, 6) is 0.512. The van der Waals surface area contributed by atoms with Crippen LogP contribution in [0.25, 0.3) is 0 Å². The van der Waals surface area contributed by atoms with Crippen LogP contribution in [-0.2, 0) is 4.79 Å². The van der Waals surface area contributed by atoms with Gasteiger partial charge in [-0.1, -0.05) is 28.1 Å². The number of halogens is 1. The third-order valence-corrected chi connectivity index (χ3v) is 4.34. The van der Waals surface area contributed by atoms with Gasteiger partial charge in [-0.15, -0.1) is 0 Å². The highest BCUT2D eigenvalue weighted by Crippen LogP contribution is 2.17. The second kappa shape index (κ2) is 9.97. The Morgan fingerprint density at radius 2 is 1.73 bits per heavy atom. The summed E-state index contributed by atoms with van der Waals surface area (Å²) in [6.07, 6.45) is 0.226. The normalized spacial score (nSPS) is 11.5. The first kappa shape index (κ1) is 20.0. The summed E-state index contributed by atoms with van der Waals surface area (Å²) in [5, 5.41) is 5.68. The first-order valence-electron chi connectivity index (χ1n) is 8.55. The van der Waals surface area contributed by atoms with Gasteiger partial charge in [0.1, 0.15) is 5.75 Å². The van der Waals surface area contributed by atoms with E-state index >= 15 is 0 Å². The van der Waals surface area contributed by atoms with E-state index in [1.165, 1.54) is 0 Å². The second-order valence-corrected chi connectivity index (χ2v) is 6.72. The van der Waals surface area contributed by atoms with Crippen LogP contribution in [0, 0.1) is 0 Å². The zero-order valence-corrected chi connectivity index (χ0v) is 16.5. The number of hydrogen-bond donors (Lipinski definition) is 2. The average molecular weight is 419 g/mol. The zero-order valence-electron chi connectivity index (χ0n) is 14.9. The van der Waals surface area contributed by atoms with E-state index < -0.39 is 0 Å². The lowest BCUT2D eigenvalue weighted by Crippen LogP contribution is -2.32. The van der Waals surface area contributed by atoms with Crippen LogP contribution < -0.4 is 15.4 Å². The fourth-order valence-corrected chi connectivity index (χ4v) is 2.67. The predicted octanol–water partition coefficient (Wildman–Crippen LogP) is 3.85. The topological polar surface area (TPSA) is 67.4 Å². The van der Waals surface area contributed by atoms with Crippen LogP contribution >= 0.6 is 15.9 Å². The number of amides is 2. The van der Waals surface area contributed by atoms with E-state index in [1.54, 1.807) is 24.3 Å². The molecule has 0 heterocycles. The van der Waals surface area contributed by atoms with Crippen molar-refractivity contribution in [3.05, 3.63) is 64.1 Å². The maximum atomic E-state index is 12.1. The van der Waals surface area contributed by atoms with Crippen molar-refractivity contribution < 1.29 is 14.3 Å². The average Bonchev–Trinajstić information content (AvgIpc) is 2.63. The highest BCUT2D eigenvalue weighted by atomic mass is 79.9. The molecule has 5 nitrogen and oxygen atoms in total. The van der Waals surface area contributed by atoms with Crippen LogP contribution in [0.15, 0.2) is 53.0 Å². The summed E-state index contributed by atoms with van der Waals surface area (Å²) in [5.41, 5.74) is 1.57. The Morgan fingerprint density at radius 1 is 1.08 bits per heavy atom. The molecular weight excluding hydrogens is 396 g/mol. The van der Waals surface area contributed by atoms with E-state index in [-0.39, 0.29) is 30.8 Å². The van der Waals surface area contributed by atoms with E-state index in [9.17, 15) is 9.59 Å². The Balaban J connectivity index is 1.75. The molecule has 2 amide bonds. The molecule has 0 spiro atoms. The van der Waals surface area contributed by atoms with Crippen LogP contribution in [0.5, 0.6) is 5.75 Å². The van der Waals surface area contributed by atoms with E-state index in [1.807, 2.05) is 38.1 Å². The van der Waals surface area contributed by atoms with Gasteiger partial charge in [-0.3, -0.25) is 9.59 Å². The highest BCUT2D eigenvalue weighted by molar-refractivity contribution is 9.10. The van der Waals surface area contributed by atoms with E-state index in [0.717, 1.165) is 15.8 Å². The minimum Gasteiger partial charge on any atom is -0.494 e. The van der Waals surface area contributed by atoms with E-state index in [0.29, 0.717) is 12.2 Å². The van der Waals surface area contributed by atoms with Crippen LogP contribution in [0.2, 0.25) is 0 Å². The molecule has 0 aliphatic rings. The summed E-state index contributed by atoms with van der Waals surface area (Å²) < 4.78 is 6.32. The molecular formula is C20H23BrN2O3.